The van der Waals surface area contributed by atoms with Crippen molar-refractivity contribution >= 4 is 22.8 Å². The van der Waals surface area contributed by atoms with Crippen LogP contribution in [0, 0.1) is 0 Å². The fourth-order valence-electron chi connectivity index (χ4n) is 2.35. The first-order valence-corrected chi connectivity index (χ1v) is 7.08. The fourth-order valence-corrected chi connectivity index (χ4v) is 2.35. The third-order valence-corrected chi connectivity index (χ3v) is 3.60. The van der Waals surface area contributed by atoms with E-state index in [1.165, 1.54) is 15.8 Å². The second kappa shape index (κ2) is 6.92. The number of hydrogen-bond acceptors (Lipinski definition) is 2. The number of para-hydroxylation sites is 1. The van der Waals surface area contributed by atoms with E-state index < -0.39 is 5.97 Å². The summed E-state index contributed by atoms with van der Waals surface area (Å²) in [6, 6.07) is 8.10. The van der Waals surface area contributed by atoms with Gasteiger partial charge in [-0.1, -0.05) is 18.2 Å². The first kappa shape index (κ1) is 15.1. The van der Waals surface area contributed by atoms with Crippen LogP contribution in [0.2, 0.25) is 0 Å². The molecule has 0 fully saturated rings. The highest BCUT2D eigenvalue weighted by atomic mass is 16.4. The average molecular weight is 288 g/mol. The van der Waals surface area contributed by atoms with Gasteiger partial charge in [-0.05, 0) is 24.5 Å². The predicted octanol–water partition coefficient (Wildman–Crippen LogP) is 2.42. The fraction of sp³-hybridized carbons (Fsp3) is 0.375. The van der Waals surface area contributed by atoms with Crippen LogP contribution in [0.4, 0.5) is 0 Å². The summed E-state index contributed by atoms with van der Waals surface area (Å²) in [6.07, 6.45) is 4.02. The molecule has 0 aliphatic rings. The number of hydrogen-bond donors (Lipinski definition) is 2. The van der Waals surface area contributed by atoms with Crippen molar-refractivity contribution in [1.29, 1.82) is 0 Å². The molecule has 0 saturated heterocycles. The van der Waals surface area contributed by atoms with E-state index in [-0.39, 0.29) is 18.9 Å². The number of carboxylic acid groups (broad SMARTS) is 1. The SMILES string of the molecule is CN(CCC(=O)O)C(=O)CCCc1c[nH]c2ccccc12. The van der Waals surface area contributed by atoms with Crippen LogP contribution in [0.1, 0.15) is 24.8 Å². The van der Waals surface area contributed by atoms with E-state index in [1.807, 2.05) is 24.4 Å². The van der Waals surface area contributed by atoms with Gasteiger partial charge < -0.3 is 15.0 Å². The van der Waals surface area contributed by atoms with Gasteiger partial charge in [0.05, 0.1) is 6.42 Å². The van der Waals surface area contributed by atoms with Gasteiger partial charge in [0.1, 0.15) is 0 Å². The van der Waals surface area contributed by atoms with E-state index in [0.29, 0.717) is 6.42 Å². The lowest BCUT2D eigenvalue weighted by Gasteiger charge is -2.15. The largest absolute Gasteiger partial charge is 0.481 e. The summed E-state index contributed by atoms with van der Waals surface area (Å²) >= 11 is 0. The van der Waals surface area contributed by atoms with Crippen molar-refractivity contribution in [2.75, 3.05) is 13.6 Å². The third-order valence-electron chi connectivity index (χ3n) is 3.60. The topological polar surface area (TPSA) is 73.4 Å². The van der Waals surface area contributed by atoms with Gasteiger partial charge in [-0.15, -0.1) is 0 Å². The molecule has 2 rings (SSSR count). The average Bonchev–Trinajstić information content (AvgIpc) is 2.88. The van der Waals surface area contributed by atoms with Crippen molar-refractivity contribution in [2.24, 2.45) is 0 Å². The minimum atomic E-state index is -0.881. The zero-order valence-corrected chi connectivity index (χ0v) is 12.1. The number of aromatic nitrogens is 1. The Balaban J connectivity index is 1.81. The van der Waals surface area contributed by atoms with Crippen molar-refractivity contribution < 1.29 is 14.7 Å². The maximum atomic E-state index is 11.9. The van der Waals surface area contributed by atoms with Crippen LogP contribution < -0.4 is 0 Å². The lowest BCUT2D eigenvalue weighted by molar-refractivity contribution is -0.138. The molecule has 0 radical (unpaired) electrons. The van der Waals surface area contributed by atoms with Gasteiger partial charge in [0.15, 0.2) is 0 Å². The van der Waals surface area contributed by atoms with E-state index in [0.717, 1.165) is 18.4 Å². The van der Waals surface area contributed by atoms with Gasteiger partial charge in [0.2, 0.25) is 5.91 Å². The molecule has 0 aliphatic heterocycles. The quantitative estimate of drug-likeness (QED) is 0.821. The first-order valence-electron chi connectivity index (χ1n) is 7.08. The second-order valence-corrected chi connectivity index (χ2v) is 5.17. The van der Waals surface area contributed by atoms with Crippen molar-refractivity contribution in [2.45, 2.75) is 25.7 Å². The number of aryl methyl sites for hydroxylation is 1. The number of aromatic amines is 1. The molecule has 0 saturated carbocycles. The van der Waals surface area contributed by atoms with Gasteiger partial charge in [0.25, 0.3) is 0 Å². The van der Waals surface area contributed by atoms with E-state index in [1.54, 1.807) is 7.05 Å². The van der Waals surface area contributed by atoms with E-state index in [2.05, 4.69) is 11.1 Å². The highest BCUT2D eigenvalue weighted by molar-refractivity contribution is 5.83. The molecule has 1 aromatic heterocycles. The number of carbonyl (C=O) groups is 2. The Bertz CT molecular complexity index is 633. The van der Waals surface area contributed by atoms with Gasteiger partial charge in [-0.3, -0.25) is 9.59 Å². The van der Waals surface area contributed by atoms with Gasteiger partial charge in [0, 0.05) is 37.1 Å². The second-order valence-electron chi connectivity index (χ2n) is 5.17. The summed E-state index contributed by atoms with van der Waals surface area (Å²) in [5.74, 6) is -0.885. The van der Waals surface area contributed by atoms with Crippen LogP contribution >= 0.6 is 0 Å². The number of H-pyrrole nitrogens is 1. The van der Waals surface area contributed by atoms with Crippen molar-refractivity contribution in [3.05, 3.63) is 36.0 Å². The summed E-state index contributed by atoms with van der Waals surface area (Å²) in [7, 11) is 1.65. The van der Waals surface area contributed by atoms with Crippen LogP contribution in [-0.4, -0.2) is 40.5 Å². The number of carbonyl (C=O) groups excluding carboxylic acids is 1. The number of fused-ring (bicyclic) bond motifs is 1. The lowest BCUT2D eigenvalue weighted by atomic mass is 10.1. The maximum Gasteiger partial charge on any atom is 0.305 e. The van der Waals surface area contributed by atoms with Crippen LogP contribution in [0.15, 0.2) is 30.5 Å². The molecule has 0 atom stereocenters. The summed E-state index contributed by atoms with van der Waals surface area (Å²) in [5, 5.41) is 9.80. The van der Waals surface area contributed by atoms with E-state index in [9.17, 15) is 9.59 Å². The Kier molecular flexibility index (Phi) is 4.98. The Labute approximate surface area is 123 Å². The van der Waals surface area contributed by atoms with E-state index in [4.69, 9.17) is 5.11 Å². The highest BCUT2D eigenvalue weighted by Crippen LogP contribution is 2.19. The van der Waals surface area contributed by atoms with Gasteiger partial charge >= 0.3 is 5.97 Å². The van der Waals surface area contributed by atoms with Crippen molar-refractivity contribution in [3.8, 4) is 0 Å². The predicted molar refractivity (Wildman–Crippen MR) is 81.1 cm³/mol. The monoisotopic (exact) mass is 288 g/mol. The van der Waals surface area contributed by atoms with Gasteiger partial charge in [-0.25, -0.2) is 0 Å². The Hall–Kier alpha value is -2.30. The molecular formula is C16H20N2O3. The van der Waals surface area contributed by atoms with Crippen LogP contribution in [0.25, 0.3) is 10.9 Å². The minimum Gasteiger partial charge on any atom is -0.481 e. The maximum absolute atomic E-state index is 11.9. The molecule has 112 valence electrons. The molecule has 5 nitrogen and oxygen atoms in total. The number of carboxylic acids is 1. The molecule has 2 N–H and O–H groups in total. The summed E-state index contributed by atoms with van der Waals surface area (Å²) < 4.78 is 0. The smallest absolute Gasteiger partial charge is 0.305 e. The third kappa shape index (κ3) is 4.08. The van der Waals surface area contributed by atoms with Gasteiger partial charge in [-0.2, -0.15) is 0 Å². The molecule has 1 amide bonds. The molecule has 1 heterocycles. The van der Waals surface area contributed by atoms with Crippen molar-refractivity contribution in [3.63, 3.8) is 0 Å². The zero-order chi connectivity index (χ0) is 15.2. The molecule has 0 unspecified atom stereocenters. The Morgan fingerprint density at radius 3 is 2.76 bits per heavy atom. The number of nitrogens with zero attached hydrogens (tertiary/aromatic N) is 1. The molecule has 21 heavy (non-hydrogen) atoms. The molecule has 2 aromatic rings. The number of benzene rings is 1. The van der Waals surface area contributed by atoms with Crippen molar-refractivity contribution in [1.82, 2.24) is 9.88 Å². The summed E-state index contributed by atoms with van der Waals surface area (Å²) in [6.45, 7) is 0.265. The molecular weight excluding hydrogens is 268 g/mol. The van der Waals surface area contributed by atoms with Crippen LogP contribution in [-0.2, 0) is 16.0 Å². The molecule has 5 heteroatoms. The molecule has 0 aliphatic carbocycles. The Morgan fingerprint density at radius 2 is 2.00 bits per heavy atom. The standard InChI is InChI=1S/C16H20N2O3/c1-18(10-9-16(20)21)15(19)8-4-5-12-11-17-14-7-3-2-6-13(12)14/h2-3,6-7,11,17H,4-5,8-10H2,1H3,(H,20,21). The number of amides is 1. The number of nitrogens with one attached hydrogen (secondary N) is 1. The summed E-state index contributed by atoms with van der Waals surface area (Å²) in [5.41, 5.74) is 2.32. The number of aliphatic carboxylic acids is 1. The minimum absolute atomic E-state index is 0.00362. The van der Waals surface area contributed by atoms with E-state index >= 15 is 0 Å². The molecule has 1 aromatic carbocycles. The summed E-state index contributed by atoms with van der Waals surface area (Å²) in [4.78, 5) is 27.1. The Morgan fingerprint density at radius 1 is 1.24 bits per heavy atom. The molecule has 0 bridgehead atoms. The first-order chi connectivity index (χ1) is 10.1. The lowest BCUT2D eigenvalue weighted by Crippen LogP contribution is -2.28. The zero-order valence-electron chi connectivity index (χ0n) is 12.1. The van der Waals surface area contributed by atoms with Crippen LogP contribution in [0.5, 0.6) is 0 Å². The molecule has 0 spiro atoms. The highest BCUT2D eigenvalue weighted by Gasteiger charge is 2.10. The van der Waals surface area contributed by atoms with Crippen LogP contribution in [0.3, 0.4) is 0 Å². The number of rotatable bonds is 7. The normalized spacial score (nSPS) is 10.7.